The molecule has 4 heteroatoms. The van der Waals surface area contributed by atoms with Crippen molar-refractivity contribution in [3.05, 3.63) is 29.3 Å². The fourth-order valence-electron chi connectivity index (χ4n) is 1.11. The zero-order chi connectivity index (χ0) is 9.26. The fourth-order valence-corrected chi connectivity index (χ4v) is 1.83. The van der Waals surface area contributed by atoms with Crippen molar-refractivity contribution in [2.45, 2.75) is 6.92 Å². The zero-order valence-corrected chi connectivity index (χ0v) is 7.88. The van der Waals surface area contributed by atoms with E-state index in [0.29, 0.717) is 5.71 Å². The van der Waals surface area contributed by atoms with Gasteiger partial charge in [-0.3, -0.25) is 0 Å². The Morgan fingerprint density at radius 1 is 1.62 bits per heavy atom. The summed E-state index contributed by atoms with van der Waals surface area (Å²) in [5.74, 6) is 0. The summed E-state index contributed by atoms with van der Waals surface area (Å²) in [7, 11) is 0. The first-order valence-corrected chi connectivity index (χ1v) is 4.71. The number of pyridine rings is 1. The molecule has 1 N–H and O–H groups in total. The van der Waals surface area contributed by atoms with E-state index in [2.05, 4.69) is 10.1 Å². The van der Waals surface area contributed by atoms with Gasteiger partial charge >= 0.3 is 0 Å². The number of thiophene rings is 1. The summed E-state index contributed by atoms with van der Waals surface area (Å²) in [6.45, 7) is 1.75. The maximum atomic E-state index is 8.57. The number of oxime groups is 1. The first-order chi connectivity index (χ1) is 6.31. The van der Waals surface area contributed by atoms with Crippen molar-refractivity contribution >= 4 is 27.3 Å². The lowest BCUT2D eigenvalue weighted by atomic mass is 10.2. The third-order valence-corrected chi connectivity index (χ3v) is 2.71. The molecule has 0 atom stereocenters. The molecule has 0 aliphatic carbocycles. The molecule has 66 valence electrons. The lowest BCUT2D eigenvalue weighted by Gasteiger charge is -1.96. The number of hydrogen-bond acceptors (Lipinski definition) is 4. The Bertz CT molecular complexity index is 461. The number of fused-ring (bicyclic) bond motifs is 1. The van der Waals surface area contributed by atoms with Crippen LogP contribution in [0.1, 0.15) is 12.5 Å². The molecule has 0 aromatic carbocycles. The lowest BCUT2D eigenvalue weighted by Crippen LogP contribution is -1.94. The molecule has 0 aliphatic rings. The molecule has 13 heavy (non-hydrogen) atoms. The van der Waals surface area contributed by atoms with Crippen LogP contribution in [0.4, 0.5) is 0 Å². The molecule has 0 bridgehead atoms. The second-order valence-corrected chi connectivity index (χ2v) is 3.62. The van der Waals surface area contributed by atoms with Crippen molar-refractivity contribution in [3.63, 3.8) is 0 Å². The van der Waals surface area contributed by atoms with Crippen LogP contribution in [0.25, 0.3) is 10.2 Å². The average Bonchev–Trinajstić information content (AvgIpc) is 2.63. The van der Waals surface area contributed by atoms with Gasteiger partial charge in [-0.15, -0.1) is 11.3 Å². The van der Waals surface area contributed by atoms with E-state index in [4.69, 9.17) is 5.21 Å². The highest BCUT2D eigenvalue weighted by atomic mass is 32.1. The molecule has 3 nitrogen and oxygen atoms in total. The van der Waals surface area contributed by atoms with Gasteiger partial charge in [0.1, 0.15) is 4.83 Å². The van der Waals surface area contributed by atoms with E-state index in [1.165, 1.54) is 0 Å². The van der Waals surface area contributed by atoms with Crippen LogP contribution < -0.4 is 0 Å². The molecule has 2 heterocycles. The third-order valence-electron chi connectivity index (χ3n) is 1.87. The first-order valence-electron chi connectivity index (χ1n) is 3.83. The summed E-state index contributed by atoms with van der Waals surface area (Å²) in [4.78, 5) is 5.25. The van der Waals surface area contributed by atoms with E-state index in [9.17, 15) is 0 Å². The number of rotatable bonds is 1. The van der Waals surface area contributed by atoms with Gasteiger partial charge in [-0.1, -0.05) is 5.16 Å². The van der Waals surface area contributed by atoms with E-state index in [-0.39, 0.29) is 0 Å². The predicted molar refractivity (Wildman–Crippen MR) is 53.6 cm³/mol. The summed E-state index contributed by atoms with van der Waals surface area (Å²) in [6, 6.07) is 3.97. The highest BCUT2D eigenvalue weighted by molar-refractivity contribution is 7.16. The lowest BCUT2D eigenvalue weighted by molar-refractivity contribution is 0.319. The summed E-state index contributed by atoms with van der Waals surface area (Å²) < 4.78 is 0. The van der Waals surface area contributed by atoms with Crippen LogP contribution in [0.15, 0.2) is 28.9 Å². The quantitative estimate of drug-likeness (QED) is 0.428. The van der Waals surface area contributed by atoms with E-state index in [1.54, 1.807) is 24.5 Å². The van der Waals surface area contributed by atoms with E-state index in [0.717, 1.165) is 15.8 Å². The Labute approximate surface area is 79.3 Å². The number of aromatic nitrogens is 1. The minimum absolute atomic E-state index is 0.584. The van der Waals surface area contributed by atoms with Gasteiger partial charge in [0, 0.05) is 17.1 Å². The highest BCUT2D eigenvalue weighted by Crippen LogP contribution is 2.19. The van der Waals surface area contributed by atoms with E-state index in [1.807, 2.05) is 17.5 Å². The Morgan fingerprint density at radius 2 is 2.46 bits per heavy atom. The van der Waals surface area contributed by atoms with Gasteiger partial charge in [-0.2, -0.15) is 0 Å². The highest BCUT2D eigenvalue weighted by Gasteiger charge is 2.01. The molecule has 0 unspecified atom stereocenters. The smallest absolute Gasteiger partial charge is 0.123 e. The van der Waals surface area contributed by atoms with Gasteiger partial charge in [0.2, 0.25) is 0 Å². The largest absolute Gasteiger partial charge is 0.411 e. The summed E-state index contributed by atoms with van der Waals surface area (Å²) in [5, 5.41) is 14.8. The van der Waals surface area contributed by atoms with Gasteiger partial charge in [-0.25, -0.2) is 4.98 Å². The minimum atomic E-state index is 0.584. The van der Waals surface area contributed by atoms with Crippen LogP contribution in [0, 0.1) is 0 Å². The number of nitrogens with zero attached hydrogens (tertiary/aromatic N) is 2. The van der Waals surface area contributed by atoms with Crippen LogP contribution in [-0.4, -0.2) is 15.9 Å². The van der Waals surface area contributed by atoms with Crippen molar-refractivity contribution in [1.29, 1.82) is 0 Å². The van der Waals surface area contributed by atoms with Crippen molar-refractivity contribution in [1.82, 2.24) is 4.98 Å². The van der Waals surface area contributed by atoms with Crippen molar-refractivity contribution in [3.8, 4) is 0 Å². The third kappa shape index (κ3) is 1.40. The number of hydrogen-bond donors (Lipinski definition) is 1. The summed E-state index contributed by atoms with van der Waals surface area (Å²) >= 11 is 1.60. The van der Waals surface area contributed by atoms with Crippen LogP contribution >= 0.6 is 11.3 Å². The molecule has 0 spiro atoms. The zero-order valence-electron chi connectivity index (χ0n) is 7.06. The van der Waals surface area contributed by atoms with Gasteiger partial charge in [-0.05, 0) is 24.4 Å². The molecule has 0 radical (unpaired) electrons. The Balaban J connectivity index is 2.60. The monoisotopic (exact) mass is 192 g/mol. The van der Waals surface area contributed by atoms with Gasteiger partial charge in [0.05, 0.1) is 5.71 Å². The second kappa shape index (κ2) is 3.14. The first kappa shape index (κ1) is 8.19. The van der Waals surface area contributed by atoms with Crippen LogP contribution in [0.3, 0.4) is 0 Å². The molecule has 0 fully saturated rings. The normalized spacial score (nSPS) is 12.2. The SMILES string of the molecule is C/C(=N/O)c1cnc2sccc2c1. The minimum Gasteiger partial charge on any atom is -0.411 e. The van der Waals surface area contributed by atoms with Crippen molar-refractivity contribution in [2.24, 2.45) is 5.16 Å². The van der Waals surface area contributed by atoms with Crippen molar-refractivity contribution in [2.75, 3.05) is 0 Å². The Morgan fingerprint density at radius 3 is 3.23 bits per heavy atom. The second-order valence-electron chi connectivity index (χ2n) is 2.72. The molecule has 2 aromatic rings. The molecule has 2 aromatic heterocycles. The topological polar surface area (TPSA) is 45.5 Å². The average molecular weight is 192 g/mol. The molecular formula is C9H8N2OS. The van der Waals surface area contributed by atoms with Gasteiger partial charge in [0.25, 0.3) is 0 Å². The summed E-state index contributed by atoms with van der Waals surface area (Å²) in [6.07, 6.45) is 1.72. The predicted octanol–water partition coefficient (Wildman–Crippen LogP) is 2.49. The van der Waals surface area contributed by atoms with Crippen LogP contribution in [0.5, 0.6) is 0 Å². The molecule has 0 saturated carbocycles. The van der Waals surface area contributed by atoms with Crippen LogP contribution in [-0.2, 0) is 0 Å². The molecule has 0 saturated heterocycles. The molecular weight excluding hydrogens is 184 g/mol. The van der Waals surface area contributed by atoms with E-state index >= 15 is 0 Å². The van der Waals surface area contributed by atoms with Crippen LogP contribution in [0.2, 0.25) is 0 Å². The maximum absolute atomic E-state index is 8.57. The van der Waals surface area contributed by atoms with E-state index < -0.39 is 0 Å². The summed E-state index contributed by atoms with van der Waals surface area (Å²) in [5.41, 5.74) is 1.44. The maximum Gasteiger partial charge on any atom is 0.123 e. The molecule has 0 amide bonds. The van der Waals surface area contributed by atoms with Gasteiger partial charge < -0.3 is 5.21 Å². The van der Waals surface area contributed by atoms with Gasteiger partial charge in [0.15, 0.2) is 0 Å². The Hall–Kier alpha value is -1.42. The van der Waals surface area contributed by atoms with Crippen molar-refractivity contribution < 1.29 is 5.21 Å². The molecule has 2 rings (SSSR count). The Kier molecular flexibility index (Phi) is 1.98. The standard InChI is InChI=1S/C9H8N2OS/c1-6(11-12)8-4-7-2-3-13-9(7)10-5-8/h2-5,12H,1H3/b11-6-. The molecule has 0 aliphatic heterocycles. The fraction of sp³-hybridized carbons (Fsp3) is 0.111.